The molecule has 2 aliphatic rings. The summed E-state index contributed by atoms with van der Waals surface area (Å²) < 4.78 is 5.28. The van der Waals surface area contributed by atoms with Gasteiger partial charge in [0.15, 0.2) is 0 Å². The van der Waals surface area contributed by atoms with Crippen LogP contribution in [0.3, 0.4) is 0 Å². The molecule has 0 aliphatic carbocycles. The highest BCUT2D eigenvalue weighted by Crippen LogP contribution is 2.47. The molecule has 2 saturated heterocycles. The van der Waals surface area contributed by atoms with E-state index in [0.717, 1.165) is 32.5 Å². The van der Waals surface area contributed by atoms with Gasteiger partial charge in [-0.3, -0.25) is 4.79 Å². The Morgan fingerprint density at radius 1 is 1.23 bits per heavy atom. The van der Waals surface area contributed by atoms with Crippen LogP contribution >= 0.6 is 11.8 Å². The lowest BCUT2D eigenvalue weighted by atomic mass is 9.92. The first-order valence-electron chi connectivity index (χ1n) is 11.2. The summed E-state index contributed by atoms with van der Waals surface area (Å²) >= 11 is 1.81. The van der Waals surface area contributed by atoms with E-state index < -0.39 is 0 Å². The Morgan fingerprint density at radius 3 is 2.60 bits per heavy atom. The number of hydrogen-bond acceptors (Lipinski definition) is 5. The molecule has 0 radical (unpaired) electrons. The summed E-state index contributed by atoms with van der Waals surface area (Å²) in [5, 5.41) is 0.0624. The number of thioether (sulfide) groups is 1. The Kier molecular flexibility index (Phi) is 7.75. The lowest BCUT2D eigenvalue weighted by Gasteiger charge is -2.31. The van der Waals surface area contributed by atoms with Gasteiger partial charge in [-0.2, -0.15) is 0 Å². The smallest absolute Gasteiger partial charge is 0.237 e. The number of para-hydroxylation sites is 1. The van der Waals surface area contributed by atoms with Crippen LogP contribution in [0, 0.1) is 5.41 Å². The molecule has 2 heterocycles. The van der Waals surface area contributed by atoms with Crippen LogP contribution in [0.2, 0.25) is 0 Å². The predicted molar refractivity (Wildman–Crippen MR) is 127 cm³/mol. The average Bonchev–Trinajstić information content (AvgIpc) is 3.30. The molecule has 0 saturated carbocycles. The maximum Gasteiger partial charge on any atom is 0.237 e. The molecule has 3 unspecified atom stereocenters. The first-order valence-corrected chi connectivity index (χ1v) is 12.1. The van der Waals surface area contributed by atoms with E-state index in [1.54, 1.807) is 7.11 Å². The van der Waals surface area contributed by atoms with E-state index in [1.165, 1.54) is 17.7 Å². The molecule has 1 aromatic rings. The third-order valence-electron chi connectivity index (χ3n) is 6.26. The molecule has 2 fully saturated rings. The standard InChI is InChI=1S/C24H39N3O2S/c1-24(2,3)13-15-27-22(28)21(12-16-29-6)30-23(27)19-9-7-8-10-20(19)26-14-11-18(17-26)25(4)5/h7-10,18,21,23H,11-17H2,1-6H3. The summed E-state index contributed by atoms with van der Waals surface area (Å²) in [4.78, 5) is 20.3. The summed E-state index contributed by atoms with van der Waals surface area (Å²) in [6.07, 6.45) is 2.96. The van der Waals surface area contributed by atoms with Gasteiger partial charge in [0.25, 0.3) is 0 Å². The summed E-state index contributed by atoms with van der Waals surface area (Å²) in [6.45, 7) is 10.3. The number of carbonyl (C=O) groups excluding carboxylic acids is 1. The number of rotatable bonds is 8. The molecule has 6 heteroatoms. The second kappa shape index (κ2) is 9.92. The number of carbonyl (C=O) groups is 1. The highest BCUT2D eigenvalue weighted by molar-refractivity contribution is 8.01. The predicted octanol–water partition coefficient (Wildman–Crippen LogP) is 4.24. The van der Waals surface area contributed by atoms with Crippen LogP contribution in [0.25, 0.3) is 0 Å². The van der Waals surface area contributed by atoms with Gasteiger partial charge in [0.2, 0.25) is 5.91 Å². The maximum absolute atomic E-state index is 13.3. The quantitative estimate of drug-likeness (QED) is 0.613. The van der Waals surface area contributed by atoms with Gasteiger partial charge in [-0.1, -0.05) is 39.0 Å². The van der Waals surface area contributed by atoms with E-state index in [9.17, 15) is 4.79 Å². The molecule has 3 atom stereocenters. The van der Waals surface area contributed by atoms with Crippen molar-refractivity contribution in [3.8, 4) is 0 Å². The number of benzene rings is 1. The Morgan fingerprint density at radius 2 is 1.97 bits per heavy atom. The van der Waals surface area contributed by atoms with Crippen molar-refractivity contribution in [3.05, 3.63) is 29.8 Å². The number of anilines is 1. The fraction of sp³-hybridized carbons (Fsp3) is 0.708. The Balaban J connectivity index is 1.86. The highest BCUT2D eigenvalue weighted by atomic mass is 32.2. The summed E-state index contributed by atoms with van der Waals surface area (Å²) in [5.41, 5.74) is 2.78. The second-order valence-electron chi connectivity index (χ2n) is 10.0. The molecular weight excluding hydrogens is 394 g/mol. The molecule has 1 amide bonds. The zero-order valence-electron chi connectivity index (χ0n) is 19.6. The first kappa shape index (κ1) is 23.4. The third-order valence-corrected chi connectivity index (χ3v) is 7.79. The zero-order chi connectivity index (χ0) is 21.9. The van der Waals surface area contributed by atoms with Crippen molar-refractivity contribution in [1.29, 1.82) is 0 Å². The van der Waals surface area contributed by atoms with Gasteiger partial charge < -0.3 is 19.4 Å². The Bertz CT molecular complexity index is 719. The number of nitrogens with zero attached hydrogens (tertiary/aromatic N) is 3. The number of ether oxygens (including phenoxy) is 1. The fourth-order valence-electron chi connectivity index (χ4n) is 4.30. The van der Waals surface area contributed by atoms with Crippen molar-refractivity contribution in [2.24, 2.45) is 5.41 Å². The summed E-state index contributed by atoms with van der Waals surface area (Å²) in [5.74, 6) is 0.272. The Labute approximate surface area is 187 Å². The van der Waals surface area contributed by atoms with E-state index >= 15 is 0 Å². The van der Waals surface area contributed by atoms with Crippen molar-refractivity contribution >= 4 is 23.4 Å². The molecule has 2 aliphatic heterocycles. The Hall–Kier alpha value is -1.24. The molecule has 0 bridgehead atoms. The number of hydrogen-bond donors (Lipinski definition) is 0. The van der Waals surface area contributed by atoms with Crippen molar-refractivity contribution in [1.82, 2.24) is 9.80 Å². The summed E-state index contributed by atoms with van der Waals surface area (Å²) in [7, 11) is 6.04. The van der Waals surface area contributed by atoms with Crippen LogP contribution in [-0.4, -0.2) is 74.4 Å². The monoisotopic (exact) mass is 433 g/mol. The minimum Gasteiger partial charge on any atom is -0.385 e. The third kappa shape index (κ3) is 5.51. The summed E-state index contributed by atoms with van der Waals surface area (Å²) in [6, 6.07) is 9.30. The molecular formula is C24H39N3O2S. The van der Waals surface area contributed by atoms with Gasteiger partial charge in [0.1, 0.15) is 5.37 Å². The van der Waals surface area contributed by atoms with Gasteiger partial charge in [-0.25, -0.2) is 0 Å². The normalized spacial score (nSPS) is 25.0. The van der Waals surface area contributed by atoms with E-state index in [0.29, 0.717) is 12.6 Å². The first-order chi connectivity index (χ1) is 14.2. The van der Waals surface area contributed by atoms with Crippen LogP contribution < -0.4 is 4.90 Å². The lowest BCUT2D eigenvalue weighted by molar-refractivity contribution is -0.130. The number of methoxy groups -OCH3 is 1. The average molecular weight is 434 g/mol. The van der Waals surface area contributed by atoms with Crippen molar-refractivity contribution in [2.45, 2.75) is 56.7 Å². The lowest BCUT2D eigenvalue weighted by Crippen LogP contribution is -2.35. The van der Waals surface area contributed by atoms with Crippen molar-refractivity contribution in [3.63, 3.8) is 0 Å². The minimum absolute atomic E-state index is 0.0175. The second-order valence-corrected chi connectivity index (χ2v) is 11.3. The van der Waals surface area contributed by atoms with Gasteiger partial charge in [-0.05, 0) is 44.8 Å². The van der Waals surface area contributed by atoms with E-state index in [-0.39, 0.29) is 21.9 Å². The zero-order valence-corrected chi connectivity index (χ0v) is 20.4. The molecule has 0 spiro atoms. The SMILES string of the molecule is COCCC1SC(c2ccccc2N2CCC(N(C)C)C2)N(CCC(C)(C)C)C1=O. The van der Waals surface area contributed by atoms with Gasteiger partial charge in [0.05, 0.1) is 5.25 Å². The molecule has 1 aromatic carbocycles. The van der Waals surface area contributed by atoms with E-state index in [2.05, 4.69) is 73.8 Å². The van der Waals surface area contributed by atoms with Crippen LogP contribution in [0.4, 0.5) is 5.69 Å². The fourth-order valence-corrected chi connectivity index (χ4v) is 5.79. The molecule has 168 valence electrons. The topological polar surface area (TPSA) is 36.0 Å². The molecule has 30 heavy (non-hydrogen) atoms. The molecule has 0 N–H and O–H groups in total. The van der Waals surface area contributed by atoms with Crippen LogP contribution in [0.1, 0.15) is 51.0 Å². The maximum atomic E-state index is 13.3. The van der Waals surface area contributed by atoms with Gasteiger partial charge in [0, 0.05) is 50.6 Å². The molecule has 3 rings (SSSR count). The van der Waals surface area contributed by atoms with Gasteiger partial charge in [-0.15, -0.1) is 11.8 Å². The molecule has 0 aromatic heterocycles. The largest absolute Gasteiger partial charge is 0.385 e. The van der Waals surface area contributed by atoms with Gasteiger partial charge >= 0.3 is 0 Å². The van der Waals surface area contributed by atoms with Crippen LogP contribution in [-0.2, 0) is 9.53 Å². The van der Waals surface area contributed by atoms with E-state index in [1.807, 2.05) is 11.8 Å². The van der Waals surface area contributed by atoms with Crippen LogP contribution in [0.5, 0.6) is 0 Å². The minimum atomic E-state index is -0.0175. The number of amides is 1. The van der Waals surface area contributed by atoms with Crippen molar-refractivity contribution in [2.75, 3.05) is 52.3 Å². The number of likely N-dealkylation sites (N-methyl/N-ethyl adjacent to an activating group) is 1. The van der Waals surface area contributed by atoms with Crippen molar-refractivity contribution < 1.29 is 9.53 Å². The highest BCUT2D eigenvalue weighted by Gasteiger charge is 2.42. The van der Waals surface area contributed by atoms with Crippen LogP contribution in [0.15, 0.2) is 24.3 Å². The molecule has 5 nitrogen and oxygen atoms in total. The van der Waals surface area contributed by atoms with E-state index in [4.69, 9.17) is 4.74 Å².